The van der Waals surface area contributed by atoms with Crippen molar-refractivity contribution in [3.8, 4) is 0 Å². The van der Waals surface area contributed by atoms with Crippen molar-refractivity contribution in [3.05, 3.63) is 52.1 Å². The van der Waals surface area contributed by atoms with Crippen molar-refractivity contribution in [2.45, 2.75) is 6.42 Å². The molecule has 0 fully saturated rings. The zero-order chi connectivity index (χ0) is 13.1. The lowest BCUT2D eigenvalue weighted by Gasteiger charge is -2.06. The lowest BCUT2D eigenvalue weighted by molar-refractivity contribution is -0.385. The van der Waals surface area contributed by atoms with Crippen molar-refractivity contribution in [2.75, 3.05) is 7.11 Å². The molecule has 0 radical (unpaired) electrons. The quantitative estimate of drug-likeness (QED) is 0.473. The number of carbonyl (C=O) groups is 1. The Kier molecular flexibility index (Phi) is 3.23. The van der Waals surface area contributed by atoms with Gasteiger partial charge in [-0.15, -0.1) is 0 Å². The molecule has 0 aliphatic heterocycles. The second-order valence-electron chi connectivity index (χ2n) is 3.79. The van der Waals surface area contributed by atoms with Crippen LogP contribution in [-0.2, 0) is 16.0 Å². The minimum Gasteiger partial charge on any atom is -0.469 e. The average molecular weight is 245 g/mol. The van der Waals surface area contributed by atoms with Gasteiger partial charge in [0.05, 0.1) is 18.5 Å². The Hall–Kier alpha value is -2.43. The molecule has 5 nitrogen and oxygen atoms in total. The molecule has 0 N–H and O–H groups in total. The van der Waals surface area contributed by atoms with Crippen LogP contribution in [0.25, 0.3) is 10.8 Å². The van der Waals surface area contributed by atoms with Crippen LogP contribution in [0, 0.1) is 10.1 Å². The van der Waals surface area contributed by atoms with E-state index in [9.17, 15) is 14.9 Å². The van der Waals surface area contributed by atoms with E-state index in [-0.39, 0.29) is 12.1 Å². The van der Waals surface area contributed by atoms with Gasteiger partial charge in [-0.3, -0.25) is 14.9 Å². The van der Waals surface area contributed by atoms with Crippen LogP contribution in [0.1, 0.15) is 5.56 Å². The van der Waals surface area contributed by atoms with Crippen LogP contribution >= 0.6 is 0 Å². The minimum absolute atomic E-state index is 0.0564. The Bertz CT molecular complexity index is 621. The van der Waals surface area contributed by atoms with Gasteiger partial charge in [0.2, 0.25) is 0 Å². The normalized spacial score (nSPS) is 10.3. The van der Waals surface area contributed by atoms with E-state index in [1.165, 1.54) is 13.2 Å². The molecule has 0 saturated carbocycles. The molecule has 92 valence electrons. The van der Waals surface area contributed by atoms with Crippen molar-refractivity contribution in [2.24, 2.45) is 0 Å². The first-order chi connectivity index (χ1) is 8.63. The van der Waals surface area contributed by atoms with E-state index >= 15 is 0 Å². The molecule has 2 aromatic rings. The topological polar surface area (TPSA) is 69.4 Å². The monoisotopic (exact) mass is 245 g/mol. The third-order valence-electron chi connectivity index (χ3n) is 2.76. The molecule has 0 aliphatic carbocycles. The first-order valence-corrected chi connectivity index (χ1v) is 5.35. The van der Waals surface area contributed by atoms with Gasteiger partial charge in [-0.1, -0.05) is 24.3 Å². The number of ether oxygens (including phenoxy) is 1. The number of benzene rings is 2. The number of rotatable bonds is 3. The highest BCUT2D eigenvalue weighted by Gasteiger charge is 2.19. The van der Waals surface area contributed by atoms with Crippen molar-refractivity contribution in [3.63, 3.8) is 0 Å². The molecule has 0 amide bonds. The highest BCUT2D eigenvalue weighted by Crippen LogP contribution is 2.28. The van der Waals surface area contributed by atoms with E-state index in [1.54, 1.807) is 18.2 Å². The van der Waals surface area contributed by atoms with Gasteiger partial charge in [0, 0.05) is 11.6 Å². The molecule has 0 aromatic heterocycles. The highest BCUT2D eigenvalue weighted by molar-refractivity contribution is 5.92. The van der Waals surface area contributed by atoms with E-state index < -0.39 is 10.9 Å². The van der Waals surface area contributed by atoms with Gasteiger partial charge in [-0.25, -0.2) is 0 Å². The molecule has 0 atom stereocenters. The zero-order valence-electron chi connectivity index (χ0n) is 9.75. The predicted octanol–water partition coefficient (Wildman–Crippen LogP) is 2.46. The lowest BCUT2D eigenvalue weighted by atomic mass is 10.0. The highest BCUT2D eigenvalue weighted by atomic mass is 16.6. The number of fused-ring (bicyclic) bond motifs is 1. The summed E-state index contributed by atoms with van der Waals surface area (Å²) in [6.45, 7) is 0. The molecule has 5 heteroatoms. The van der Waals surface area contributed by atoms with Crippen molar-refractivity contribution in [1.29, 1.82) is 0 Å². The standard InChI is InChI=1S/C13H11NO4/c1-18-13(15)8-11-10-5-3-2-4-9(10)6-7-12(11)14(16)17/h2-7H,8H2,1H3. The fourth-order valence-corrected chi connectivity index (χ4v) is 1.90. The zero-order valence-corrected chi connectivity index (χ0v) is 9.75. The smallest absolute Gasteiger partial charge is 0.310 e. The van der Waals surface area contributed by atoms with Crippen LogP contribution < -0.4 is 0 Å². The summed E-state index contributed by atoms with van der Waals surface area (Å²) in [5, 5.41) is 12.6. The van der Waals surface area contributed by atoms with Crippen LogP contribution in [0.2, 0.25) is 0 Å². The molecule has 0 unspecified atom stereocenters. The lowest BCUT2D eigenvalue weighted by Crippen LogP contribution is -2.07. The number of hydrogen-bond donors (Lipinski definition) is 0. The minimum atomic E-state index is -0.491. The van der Waals surface area contributed by atoms with Gasteiger partial charge in [0.1, 0.15) is 0 Å². The first kappa shape index (κ1) is 12.0. The van der Waals surface area contributed by atoms with E-state index in [4.69, 9.17) is 0 Å². The van der Waals surface area contributed by atoms with E-state index in [2.05, 4.69) is 4.74 Å². The summed E-state index contributed by atoms with van der Waals surface area (Å²) < 4.78 is 4.58. The molecule has 2 aromatic carbocycles. The number of esters is 1. The van der Waals surface area contributed by atoms with Crippen molar-refractivity contribution in [1.82, 2.24) is 0 Å². The fourth-order valence-electron chi connectivity index (χ4n) is 1.90. The Morgan fingerprint density at radius 2 is 2.00 bits per heavy atom. The van der Waals surface area contributed by atoms with Crippen molar-refractivity contribution >= 4 is 22.4 Å². The summed E-state index contributed by atoms with van der Waals surface area (Å²) in [7, 11) is 1.26. The molecule has 0 aliphatic rings. The van der Waals surface area contributed by atoms with Gasteiger partial charge < -0.3 is 4.74 Å². The Balaban J connectivity index is 2.66. The molecule has 2 rings (SSSR count). The molecule has 18 heavy (non-hydrogen) atoms. The molecular weight excluding hydrogens is 234 g/mol. The van der Waals surface area contributed by atoms with Crippen LogP contribution in [0.3, 0.4) is 0 Å². The van der Waals surface area contributed by atoms with Crippen LogP contribution in [0.5, 0.6) is 0 Å². The Morgan fingerprint density at radius 1 is 1.28 bits per heavy atom. The first-order valence-electron chi connectivity index (χ1n) is 5.35. The largest absolute Gasteiger partial charge is 0.469 e. The number of hydrogen-bond acceptors (Lipinski definition) is 4. The number of methoxy groups -OCH3 is 1. The fraction of sp³-hybridized carbons (Fsp3) is 0.154. The van der Waals surface area contributed by atoms with E-state index in [0.29, 0.717) is 10.9 Å². The third-order valence-corrected chi connectivity index (χ3v) is 2.76. The molecular formula is C13H11NO4. The van der Waals surface area contributed by atoms with Gasteiger partial charge >= 0.3 is 5.97 Å². The summed E-state index contributed by atoms with van der Waals surface area (Å²) in [6.07, 6.45) is -0.103. The molecule has 0 heterocycles. The second-order valence-corrected chi connectivity index (χ2v) is 3.79. The van der Waals surface area contributed by atoms with Crippen LogP contribution in [0.15, 0.2) is 36.4 Å². The Labute approximate surface area is 103 Å². The predicted molar refractivity (Wildman–Crippen MR) is 66.3 cm³/mol. The summed E-state index contributed by atoms with van der Waals surface area (Å²) >= 11 is 0. The molecule has 0 saturated heterocycles. The molecule has 0 spiro atoms. The maximum atomic E-state index is 11.4. The average Bonchev–Trinajstić information content (AvgIpc) is 2.38. The summed E-state index contributed by atoms with van der Waals surface area (Å²) in [5.74, 6) is -0.491. The number of nitro benzene ring substituents is 1. The van der Waals surface area contributed by atoms with Gasteiger partial charge in [-0.05, 0) is 16.8 Å². The van der Waals surface area contributed by atoms with Gasteiger partial charge in [-0.2, -0.15) is 0 Å². The van der Waals surface area contributed by atoms with Crippen molar-refractivity contribution < 1.29 is 14.5 Å². The van der Waals surface area contributed by atoms with Gasteiger partial charge in [0.25, 0.3) is 5.69 Å². The third kappa shape index (κ3) is 2.15. The molecule has 0 bridgehead atoms. The van der Waals surface area contributed by atoms with E-state index in [0.717, 1.165) is 5.39 Å². The summed E-state index contributed by atoms with van der Waals surface area (Å²) in [6, 6.07) is 10.3. The Morgan fingerprint density at radius 3 is 2.67 bits per heavy atom. The SMILES string of the molecule is COC(=O)Cc1c([N+](=O)[O-])ccc2ccccc12. The number of carbonyl (C=O) groups excluding carboxylic acids is 1. The maximum absolute atomic E-state index is 11.4. The van der Waals surface area contributed by atoms with Gasteiger partial charge in [0.15, 0.2) is 0 Å². The van der Waals surface area contributed by atoms with Crippen LogP contribution in [0.4, 0.5) is 5.69 Å². The van der Waals surface area contributed by atoms with Crippen LogP contribution in [-0.4, -0.2) is 18.0 Å². The van der Waals surface area contributed by atoms with E-state index in [1.807, 2.05) is 12.1 Å². The number of nitro groups is 1. The summed E-state index contributed by atoms with van der Waals surface area (Å²) in [4.78, 5) is 21.9. The maximum Gasteiger partial charge on any atom is 0.310 e. The number of nitrogens with zero attached hydrogens (tertiary/aromatic N) is 1. The second kappa shape index (κ2) is 4.83. The summed E-state index contributed by atoms with van der Waals surface area (Å²) in [5.41, 5.74) is 0.337.